The fraction of sp³-hybridized carbons (Fsp3) is 0.750. The minimum Gasteiger partial charge on any atom is -0.415 e. The number of nitrogens with zero attached hydrogens (tertiary/aromatic N) is 3. The van der Waals surface area contributed by atoms with Crippen LogP contribution in [-0.2, 0) is 9.16 Å². The smallest absolute Gasteiger partial charge is 0.351 e. The van der Waals surface area contributed by atoms with E-state index in [-0.39, 0.29) is 12.4 Å². The monoisotopic (exact) mass is 422 g/mol. The van der Waals surface area contributed by atoms with Crippen LogP contribution in [0.15, 0.2) is 17.1 Å². The average molecular weight is 423 g/mol. The quantitative estimate of drug-likeness (QED) is 0.415. The van der Waals surface area contributed by atoms with E-state index in [4.69, 9.17) is 14.9 Å². The molecule has 29 heavy (non-hydrogen) atoms. The van der Waals surface area contributed by atoms with Crippen LogP contribution in [0.1, 0.15) is 51.7 Å². The summed E-state index contributed by atoms with van der Waals surface area (Å²) in [6, 6.07) is 4.57. The second kappa shape index (κ2) is 10.9. The number of nitriles is 1. The molecule has 1 aliphatic rings. The first-order chi connectivity index (χ1) is 13.8. The van der Waals surface area contributed by atoms with Gasteiger partial charge in [-0.05, 0) is 25.2 Å². The van der Waals surface area contributed by atoms with E-state index < -0.39 is 38.4 Å². The van der Waals surface area contributed by atoms with E-state index in [9.17, 15) is 15.2 Å². The van der Waals surface area contributed by atoms with Crippen LogP contribution in [-0.4, -0.2) is 41.8 Å². The van der Waals surface area contributed by atoms with Crippen molar-refractivity contribution in [1.29, 1.82) is 5.26 Å². The van der Waals surface area contributed by atoms with Crippen molar-refractivity contribution in [3.8, 4) is 6.07 Å². The topological polar surface area (TPSA) is 123 Å². The number of anilines is 1. The number of nitrogen functional groups attached to an aromatic ring is 1. The Bertz CT molecular complexity index is 749. The number of ether oxygens (including phenoxy) is 1. The number of rotatable bonds is 11. The van der Waals surface area contributed by atoms with E-state index in [0.29, 0.717) is 0 Å². The Balaban J connectivity index is 1.90. The molecule has 4 atom stereocenters. The van der Waals surface area contributed by atoms with Gasteiger partial charge in [-0.2, -0.15) is 10.2 Å². The zero-order valence-electron chi connectivity index (χ0n) is 17.7. The van der Waals surface area contributed by atoms with Crippen LogP contribution in [0.25, 0.3) is 0 Å². The maximum absolute atomic E-state index is 12.1. The van der Waals surface area contributed by atoms with Crippen molar-refractivity contribution in [2.24, 2.45) is 5.92 Å². The molecule has 0 amide bonds. The summed E-state index contributed by atoms with van der Waals surface area (Å²) in [5.41, 5.74) is 4.91. The molecule has 0 radical (unpaired) electrons. The van der Waals surface area contributed by atoms with E-state index in [0.717, 1.165) is 12.5 Å². The summed E-state index contributed by atoms with van der Waals surface area (Å²) in [6.45, 7) is 6.75. The third-order valence-electron chi connectivity index (χ3n) is 5.42. The number of hydrogen-bond donors (Lipinski definition) is 2. The van der Waals surface area contributed by atoms with Gasteiger partial charge in [-0.25, -0.2) is 4.79 Å². The fourth-order valence-corrected chi connectivity index (χ4v) is 5.45. The van der Waals surface area contributed by atoms with Crippen LogP contribution in [0, 0.1) is 17.2 Å². The van der Waals surface area contributed by atoms with Gasteiger partial charge in [0.1, 0.15) is 23.9 Å². The van der Waals surface area contributed by atoms with Crippen molar-refractivity contribution >= 4 is 14.1 Å². The second-order valence-corrected chi connectivity index (χ2v) is 12.6. The lowest BCUT2D eigenvalue weighted by Crippen LogP contribution is -2.37. The number of hydrogen-bond acceptors (Lipinski definition) is 7. The first-order valence-corrected chi connectivity index (χ1v) is 13.6. The Kier molecular flexibility index (Phi) is 8.83. The molecule has 9 heteroatoms. The molecule has 2 heterocycles. The largest absolute Gasteiger partial charge is 0.415 e. The van der Waals surface area contributed by atoms with Crippen molar-refractivity contribution < 1.29 is 14.3 Å². The van der Waals surface area contributed by atoms with E-state index >= 15 is 0 Å². The second-order valence-electron chi connectivity index (χ2n) is 8.34. The highest BCUT2D eigenvalue weighted by Crippen LogP contribution is 2.34. The van der Waals surface area contributed by atoms with Gasteiger partial charge >= 0.3 is 5.69 Å². The zero-order chi connectivity index (χ0) is 21.4. The lowest BCUT2D eigenvalue weighted by Gasteiger charge is -2.26. The van der Waals surface area contributed by atoms with Crippen molar-refractivity contribution in [3.05, 3.63) is 22.7 Å². The van der Waals surface area contributed by atoms with Crippen molar-refractivity contribution in [1.82, 2.24) is 9.55 Å². The molecule has 0 aromatic carbocycles. The predicted octanol–water partition coefficient (Wildman–Crippen LogP) is 2.81. The maximum atomic E-state index is 12.1. The number of unbranched alkanes of at least 4 members (excludes halogenated alkanes) is 5. The van der Waals surface area contributed by atoms with Gasteiger partial charge in [0.15, 0.2) is 14.5 Å². The lowest BCUT2D eigenvalue weighted by atomic mass is 10.0. The molecule has 0 aliphatic carbocycles. The molecule has 8 nitrogen and oxygen atoms in total. The average Bonchev–Trinajstić information content (AvgIpc) is 2.98. The summed E-state index contributed by atoms with van der Waals surface area (Å²) < 4.78 is 13.2. The highest BCUT2D eigenvalue weighted by molar-refractivity contribution is 6.71. The van der Waals surface area contributed by atoms with Gasteiger partial charge in [-0.1, -0.05) is 45.4 Å². The standard InChI is InChI=1S/C20H34N4O4Si/c1-4-5-6-7-8-9-12-29(2,3)27-14-16-18(25)15(13-21)19(28-16)24-11-10-17(22)23-20(24)26/h10-11,15-16,18-19,25H,4-9,12,14H2,1-3H3,(H2,22,23,26)/t15-,16+,18-,19+/m0/s1. The van der Waals surface area contributed by atoms with E-state index in [1.54, 1.807) is 0 Å². The Hall–Kier alpha value is -1.73. The SMILES string of the molecule is CCCCCCCC[Si](C)(C)OC[C@H]1O[C@@H](n2ccc(N)nc2=O)[C@@H](C#N)[C@@H]1O. The summed E-state index contributed by atoms with van der Waals surface area (Å²) in [7, 11) is -1.89. The Morgan fingerprint density at radius 1 is 1.34 bits per heavy atom. The Morgan fingerprint density at radius 3 is 2.69 bits per heavy atom. The van der Waals surface area contributed by atoms with Gasteiger partial charge in [-0.15, -0.1) is 0 Å². The van der Waals surface area contributed by atoms with Crippen LogP contribution in [0.2, 0.25) is 19.1 Å². The number of aliphatic hydroxyl groups is 1. The van der Waals surface area contributed by atoms with Gasteiger partial charge in [-0.3, -0.25) is 4.57 Å². The summed E-state index contributed by atoms with van der Waals surface area (Å²) in [5.74, 6) is -0.782. The molecule has 1 aliphatic heterocycles. The molecule has 162 valence electrons. The number of aliphatic hydroxyl groups excluding tert-OH is 1. The van der Waals surface area contributed by atoms with Gasteiger partial charge in [0.05, 0.1) is 12.7 Å². The van der Waals surface area contributed by atoms with Crippen molar-refractivity contribution in [2.45, 2.75) is 83.0 Å². The third-order valence-corrected chi connectivity index (χ3v) is 7.92. The van der Waals surface area contributed by atoms with Gasteiger partial charge < -0.3 is 20.0 Å². The molecule has 0 bridgehead atoms. The van der Waals surface area contributed by atoms with Crippen LogP contribution in [0.3, 0.4) is 0 Å². The van der Waals surface area contributed by atoms with Crippen LogP contribution >= 0.6 is 0 Å². The minimum absolute atomic E-state index is 0.0978. The molecule has 1 fully saturated rings. The number of nitrogens with two attached hydrogens (primary N) is 1. The minimum atomic E-state index is -1.89. The zero-order valence-corrected chi connectivity index (χ0v) is 18.7. The first kappa shape index (κ1) is 23.5. The predicted molar refractivity (Wildman–Crippen MR) is 114 cm³/mol. The lowest BCUT2D eigenvalue weighted by molar-refractivity contribution is -0.0437. The summed E-state index contributed by atoms with van der Waals surface area (Å²) in [4.78, 5) is 15.8. The molecule has 3 N–H and O–H groups in total. The summed E-state index contributed by atoms with van der Waals surface area (Å²) >= 11 is 0. The molecule has 0 spiro atoms. The van der Waals surface area contributed by atoms with Crippen molar-refractivity contribution in [3.63, 3.8) is 0 Å². The normalized spacial score (nSPS) is 24.5. The van der Waals surface area contributed by atoms with E-state index in [1.165, 1.54) is 48.9 Å². The Labute approximate surface area is 173 Å². The van der Waals surface area contributed by atoms with Crippen LogP contribution in [0.5, 0.6) is 0 Å². The van der Waals surface area contributed by atoms with Crippen LogP contribution in [0.4, 0.5) is 5.82 Å². The molecule has 0 unspecified atom stereocenters. The van der Waals surface area contributed by atoms with E-state index in [2.05, 4.69) is 31.1 Å². The molecule has 2 rings (SSSR count). The first-order valence-electron chi connectivity index (χ1n) is 10.5. The van der Waals surface area contributed by atoms with Gasteiger partial charge in [0, 0.05) is 6.20 Å². The Morgan fingerprint density at radius 2 is 2.03 bits per heavy atom. The fourth-order valence-electron chi connectivity index (χ4n) is 3.59. The molecule has 1 aromatic heterocycles. The van der Waals surface area contributed by atoms with Crippen molar-refractivity contribution in [2.75, 3.05) is 12.3 Å². The molecule has 1 saturated heterocycles. The maximum Gasteiger partial charge on any atom is 0.351 e. The highest BCUT2D eigenvalue weighted by atomic mass is 28.4. The van der Waals surface area contributed by atoms with Gasteiger partial charge in [0.25, 0.3) is 0 Å². The third kappa shape index (κ3) is 6.64. The summed E-state index contributed by atoms with van der Waals surface area (Å²) in [6.07, 6.45) is 6.29. The molecular formula is C20H34N4O4Si. The molecular weight excluding hydrogens is 388 g/mol. The molecule has 0 saturated carbocycles. The number of aromatic nitrogens is 2. The molecule has 1 aromatic rings. The highest BCUT2D eigenvalue weighted by Gasteiger charge is 2.46. The summed E-state index contributed by atoms with van der Waals surface area (Å²) in [5, 5.41) is 20.0. The van der Waals surface area contributed by atoms with E-state index in [1.807, 2.05) is 0 Å². The van der Waals surface area contributed by atoms with Gasteiger partial charge in [0.2, 0.25) is 0 Å². The van der Waals surface area contributed by atoms with Crippen LogP contribution < -0.4 is 11.4 Å².